The first-order chi connectivity index (χ1) is 16.9. The molecule has 0 bridgehead atoms. The maximum absolute atomic E-state index is 13.2. The van der Waals surface area contributed by atoms with Gasteiger partial charge in [0.1, 0.15) is 6.04 Å². The maximum Gasteiger partial charge on any atom is 0.326 e. The third kappa shape index (κ3) is 8.11. The highest BCUT2D eigenvalue weighted by Gasteiger charge is 2.23. The summed E-state index contributed by atoms with van der Waals surface area (Å²) in [5.74, 6) is 0.152. The van der Waals surface area contributed by atoms with E-state index in [1.807, 2.05) is 49.6 Å². The van der Waals surface area contributed by atoms with Gasteiger partial charge in [0.2, 0.25) is 0 Å². The fraction of sp³-hybridized carbons (Fsp3) is 0.517. The summed E-state index contributed by atoms with van der Waals surface area (Å²) in [4.78, 5) is 24.9. The second-order valence-corrected chi connectivity index (χ2v) is 10.8. The van der Waals surface area contributed by atoms with Crippen molar-refractivity contribution in [3.8, 4) is 11.1 Å². The second-order valence-electron chi connectivity index (χ2n) is 9.86. The Morgan fingerprint density at radius 2 is 1.83 bits per heavy atom. The molecule has 5 nitrogen and oxygen atoms in total. The summed E-state index contributed by atoms with van der Waals surface area (Å²) in [6.07, 6.45) is 10.3. The number of nitrogens with one attached hydrogen (secondary N) is 2. The van der Waals surface area contributed by atoms with Gasteiger partial charge >= 0.3 is 5.97 Å². The predicted octanol–water partition coefficient (Wildman–Crippen LogP) is 6.05. The lowest BCUT2D eigenvalue weighted by atomic mass is 9.85. The van der Waals surface area contributed by atoms with Crippen molar-refractivity contribution >= 4 is 23.6 Å². The van der Waals surface area contributed by atoms with Crippen LogP contribution in [0.4, 0.5) is 0 Å². The number of aliphatic carboxylic acids is 1. The maximum atomic E-state index is 13.2. The van der Waals surface area contributed by atoms with Crippen molar-refractivity contribution in [2.45, 2.75) is 77.4 Å². The molecule has 0 heterocycles. The molecule has 1 aliphatic carbocycles. The van der Waals surface area contributed by atoms with E-state index in [0.717, 1.165) is 34.7 Å². The molecule has 2 atom stereocenters. The Balaban J connectivity index is 1.78. The van der Waals surface area contributed by atoms with Crippen molar-refractivity contribution < 1.29 is 14.7 Å². The first kappa shape index (κ1) is 27.3. The van der Waals surface area contributed by atoms with Crippen molar-refractivity contribution in [2.24, 2.45) is 5.92 Å². The quantitative estimate of drug-likeness (QED) is 0.334. The van der Waals surface area contributed by atoms with Gasteiger partial charge in [-0.15, -0.1) is 0 Å². The molecule has 3 rings (SSSR count). The molecule has 1 amide bonds. The summed E-state index contributed by atoms with van der Waals surface area (Å²) < 4.78 is 0. The first-order valence-electron chi connectivity index (χ1n) is 12.8. The topological polar surface area (TPSA) is 78.4 Å². The predicted molar refractivity (Wildman–Crippen MR) is 146 cm³/mol. The van der Waals surface area contributed by atoms with Crippen molar-refractivity contribution in [3.63, 3.8) is 0 Å². The Morgan fingerprint density at radius 1 is 1.09 bits per heavy atom. The summed E-state index contributed by atoms with van der Waals surface area (Å²) in [5.41, 5.74) is 4.54. The molecule has 0 spiro atoms. The summed E-state index contributed by atoms with van der Waals surface area (Å²) >= 11 is 1.57. The van der Waals surface area contributed by atoms with Gasteiger partial charge in [-0.05, 0) is 79.0 Å². The Labute approximate surface area is 214 Å². The van der Waals surface area contributed by atoms with Crippen LogP contribution >= 0.6 is 11.8 Å². The zero-order chi connectivity index (χ0) is 25.2. The number of rotatable bonds is 12. The van der Waals surface area contributed by atoms with Crippen LogP contribution < -0.4 is 10.6 Å². The minimum absolute atomic E-state index is 0.345. The number of hydrogen-bond donors (Lipinski definition) is 3. The number of carbonyl (C=O) groups is 2. The fourth-order valence-corrected chi connectivity index (χ4v) is 5.50. The number of aryl methyl sites for hydroxylation is 1. The SMILES string of the molecule is CSCCC(NC(=O)c1ccc(CN[C@H](C)CC2CCCCC2)cc1-c1ccccc1C)C(=O)O. The zero-order valence-corrected chi connectivity index (χ0v) is 22.1. The Bertz CT molecular complexity index is 988. The average Bonchev–Trinajstić information content (AvgIpc) is 2.85. The van der Waals surface area contributed by atoms with E-state index in [1.54, 1.807) is 11.8 Å². The van der Waals surface area contributed by atoms with Crippen molar-refractivity contribution in [2.75, 3.05) is 12.0 Å². The number of carboxylic acids is 1. The molecule has 3 N–H and O–H groups in total. The summed E-state index contributed by atoms with van der Waals surface area (Å²) in [6, 6.07) is 13.5. The van der Waals surface area contributed by atoms with Crippen LogP contribution in [0, 0.1) is 12.8 Å². The van der Waals surface area contributed by atoms with Gasteiger partial charge in [0.25, 0.3) is 5.91 Å². The molecule has 0 aromatic heterocycles. The molecule has 0 aliphatic heterocycles. The lowest BCUT2D eigenvalue weighted by molar-refractivity contribution is -0.139. The first-order valence-corrected chi connectivity index (χ1v) is 14.2. The minimum atomic E-state index is -1.00. The normalized spacial score (nSPS) is 16.0. The molecule has 0 radical (unpaired) electrons. The third-order valence-electron chi connectivity index (χ3n) is 7.04. The molecule has 1 saturated carbocycles. The van der Waals surface area contributed by atoms with Gasteiger partial charge in [0.05, 0.1) is 0 Å². The van der Waals surface area contributed by atoms with E-state index < -0.39 is 12.0 Å². The Kier molecular flexibility index (Phi) is 10.7. The number of thioether (sulfide) groups is 1. The third-order valence-corrected chi connectivity index (χ3v) is 7.69. The zero-order valence-electron chi connectivity index (χ0n) is 21.3. The number of amides is 1. The van der Waals surface area contributed by atoms with E-state index in [2.05, 4.69) is 23.6 Å². The van der Waals surface area contributed by atoms with E-state index >= 15 is 0 Å². The summed E-state index contributed by atoms with van der Waals surface area (Å²) in [5, 5.41) is 16.0. The lowest BCUT2D eigenvalue weighted by Gasteiger charge is -2.25. The highest BCUT2D eigenvalue weighted by Crippen LogP contribution is 2.29. The van der Waals surface area contributed by atoms with Gasteiger partial charge in [-0.3, -0.25) is 4.79 Å². The Morgan fingerprint density at radius 3 is 2.51 bits per heavy atom. The van der Waals surface area contributed by atoms with E-state index in [0.29, 0.717) is 23.8 Å². The van der Waals surface area contributed by atoms with Crippen molar-refractivity contribution in [3.05, 3.63) is 59.2 Å². The number of benzene rings is 2. The standard InChI is InChI=1S/C29H40N2O3S/c1-20-9-7-8-12-24(20)26-18-23(19-30-21(2)17-22-10-5-4-6-11-22)13-14-25(26)28(32)31-27(29(33)34)15-16-35-3/h7-9,12-14,18,21-22,27,30H,4-6,10-11,15-17,19H2,1-3H3,(H,31,32)(H,33,34)/t21-,27?/m1/s1. The Hall–Kier alpha value is -2.31. The molecule has 35 heavy (non-hydrogen) atoms. The van der Waals surface area contributed by atoms with E-state index in [9.17, 15) is 14.7 Å². The van der Waals surface area contributed by atoms with Gasteiger partial charge in [0, 0.05) is 18.2 Å². The highest BCUT2D eigenvalue weighted by atomic mass is 32.2. The minimum Gasteiger partial charge on any atom is -0.480 e. The van der Waals surface area contributed by atoms with Crippen LogP contribution in [0.5, 0.6) is 0 Å². The number of carbonyl (C=O) groups excluding carboxylic acids is 1. The highest BCUT2D eigenvalue weighted by molar-refractivity contribution is 7.98. The van der Waals surface area contributed by atoms with Gasteiger partial charge in [-0.2, -0.15) is 11.8 Å². The number of carboxylic acid groups (broad SMARTS) is 1. The molecule has 6 heteroatoms. The van der Waals surface area contributed by atoms with Crippen molar-refractivity contribution in [1.29, 1.82) is 0 Å². The van der Waals surface area contributed by atoms with Gasteiger partial charge in [-0.25, -0.2) is 4.79 Å². The van der Waals surface area contributed by atoms with Crippen LogP contribution in [-0.4, -0.2) is 41.1 Å². The molecule has 1 unspecified atom stereocenters. The number of hydrogen-bond acceptors (Lipinski definition) is 4. The fourth-order valence-electron chi connectivity index (χ4n) is 5.02. The molecule has 2 aromatic carbocycles. The molecule has 1 fully saturated rings. The largest absolute Gasteiger partial charge is 0.480 e. The van der Waals surface area contributed by atoms with Crippen LogP contribution in [-0.2, 0) is 11.3 Å². The smallest absolute Gasteiger partial charge is 0.326 e. The molecule has 190 valence electrons. The van der Waals surface area contributed by atoms with Crippen LogP contribution in [0.2, 0.25) is 0 Å². The molecular formula is C29H40N2O3S. The summed E-state index contributed by atoms with van der Waals surface area (Å²) in [6.45, 7) is 5.03. The molecule has 1 aliphatic rings. The van der Waals surface area contributed by atoms with Gasteiger partial charge in [0.15, 0.2) is 0 Å². The van der Waals surface area contributed by atoms with Crippen LogP contribution in [0.1, 0.15) is 73.4 Å². The lowest BCUT2D eigenvalue weighted by Crippen LogP contribution is -2.41. The van der Waals surface area contributed by atoms with Crippen LogP contribution in [0.25, 0.3) is 11.1 Å². The average molecular weight is 497 g/mol. The van der Waals surface area contributed by atoms with Gasteiger partial charge < -0.3 is 15.7 Å². The molecule has 0 saturated heterocycles. The van der Waals surface area contributed by atoms with Crippen molar-refractivity contribution in [1.82, 2.24) is 10.6 Å². The summed E-state index contributed by atoms with van der Waals surface area (Å²) in [7, 11) is 0. The van der Waals surface area contributed by atoms with Gasteiger partial charge in [-0.1, -0.05) is 62.4 Å². The van der Waals surface area contributed by atoms with E-state index in [1.165, 1.54) is 38.5 Å². The molecule has 2 aromatic rings. The van der Waals surface area contributed by atoms with E-state index in [4.69, 9.17) is 0 Å². The van der Waals surface area contributed by atoms with Crippen LogP contribution in [0.15, 0.2) is 42.5 Å². The monoisotopic (exact) mass is 496 g/mol. The van der Waals surface area contributed by atoms with Crippen LogP contribution in [0.3, 0.4) is 0 Å². The molecular weight excluding hydrogens is 456 g/mol. The van der Waals surface area contributed by atoms with E-state index in [-0.39, 0.29) is 5.91 Å². The second kappa shape index (κ2) is 13.7.